The van der Waals surface area contributed by atoms with E-state index in [0.29, 0.717) is 16.8 Å². The predicted octanol–water partition coefficient (Wildman–Crippen LogP) is 4.42. The second-order valence-electron chi connectivity index (χ2n) is 3.83. The Labute approximate surface area is 112 Å². The lowest BCUT2D eigenvalue weighted by Gasteiger charge is -2.08. The Morgan fingerprint density at radius 1 is 0.778 bits per heavy atom. The van der Waals surface area contributed by atoms with E-state index in [1.54, 1.807) is 24.4 Å². The summed E-state index contributed by atoms with van der Waals surface area (Å²) in [6, 6.07) is 14.0. The molecule has 86 valence electrons. The number of hydrogen-bond donors (Lipinski definition) is 0. The van der Waals surface area contributed by atoms with Crippen LogP contribution in [0.5, 0.6) is 0 Å². The molecule has 2 aromatic carbocycles. The summed E-state index contributed by atoms with van der Waals surface area (Å²) in [4.78, 5) is 4.26. The Morgan fingerprint density at radius 2 is 1.50 bits per heavy atom. The predicted molar refractivity (Wildman–Crippen MR) is 75.1 cm³/mol. The van der Waals surface area contributed by atoms with Gasteiger partial charge in [-0.3, -0.25) is 4.98 Å². The van der Waals surface area contributed by atoms with Gasteiger partial charge in [0.05, 0.1) is 11.2 Å². The van der Waals surface area contributed by atoms with Gasteiger partial charge in [-0.2, -0.15) is 0 Å². The maximum absolute atomic E-state index is 8.24. The average molecular weight is 235 g/mol. The summed E-state index contributed by atoms with van der Waals surface area (Å²) in [7, 11) is 0. The van der Waals surface area contributed by atoms with Crippen LogP contribution >= 0.6 is 0 Å². The molecule has 18 heavy (non-hydrogen) atoms. The van der Waals surface area contributed by atoms with Crippen LogP contribution in [0.3, 0.4) is 0 Å². The number of pyridine rings is 1. The summed E-state index contributed by atoms with van der Waals surface area (Å²) in [5, 5.41) is 0. The van der Waals surface area contributed by atoms with Gasteiger partial charge in [0, 0.05) is 11.8 Å². The van der Waals surface area contributed by atoms with Gasteiger partial charge in [0.1, 0.15) is 0 Å². The van der Waals surface area contributed by atoms with Crippen LogP contribution in [-0.4, -0.2) is 4.98 Å². The summed E-state index contributed by atoms with van der Waals surface area (Å²) in [6.45, 7) is 0. The van der Waals surface area contributed by atoms with Crippen LogP contribution in [0.4, 0.5) is 0 Å². The van der Waals surface area contributed by atoms with Gasteiger partial charge in [-0.25, -0.2) is 0 Å². The molecule has 1 nitrogen and oxygen atoms in total. The molecule has 0 bridgehead atoms. The molecule has 0 N–H and O–H groups in total. The molecule has 0 fully saturated rings. The van der Waals surface area contributed by atoms with E-state index in [9.17, 15) is 0 Å². The first-order valence-electron chi connectivity index (χ1n) is 7.68. The Balaban J connectivity index is 2.42. The largest absolute Gasteiger partial charge is 0.256 e. The number of benzene rings is 2. The molecule has 0 amide bonds. The van der Waals surface area contributed by atoms with E-state index >= 15 is 0 Å². The topological polar surface area (TPSA) is 12.9 Å². The SMILES string of the molecule is [2H]c1c([2H])c([2H])c(-c2ccccn2)c(-c2ccccc2)c1[2H]. The van der Waals surface area contributed by atoms with Crippen molar-refractivity contribution in [3.8, 4) is 22.4 Å². The fraction of sp³-hybridized carbons (Fsp3) is 0. The van der Waals surface area contributed by atoms with Crippen molar-refractivity contribution >= 4 is 0 Å². The van der Waals surface area contributed by atoms with Gasteiger partial charge in [-0.05, 0) is 23.3 Å². The van der Waals surface area contributed by atoms with Crippen molar-refractivity contribution < 1.29 is 5.48 Å². The lowest BCUT2D eigenvalue weighted by molar-refractivity contribution is 1.33. The highest BCUT2D eigenvalue weighted by Gasteiger charge is 2.06. The molecular formula is C17H13N. The zero-order chi connectivity index (χ0) is 15.7. The maximum Gasteiger partial charge on any atom is 0.0708 e. The third kappa shape index (κ3) is 2.03. The van der Waals surface area contributed by atoms with Gasteiger partial charge in [0.25, 0.3) is 0 Å². The number of nitrogens with zero attached hydrogens (tertiary/aromatic N) is 1. The quantitative estimate of drug-likeness (QED) is 0.641. The van der Waals surface area contributed by atoms with E-state index in [0.717, 1.165) is 5.56 Å². The molecule has 1 aromatic heterocycles. The first-order valence-corrected chi connectivity index (χ1v) is 5.68. The van der Waals surface area contributed by atoms with Crippen LogP contribution in [0.15, 0.2) is 78.9 Å². The van der Waals surface area contributed by atoms with Crippen molar-refractivity contribution in [2.24, 2.45) is 0 Å². The van der Waals surface area contributed by atoms with Gasteiger partial charge >= 0.3 is 0 Å². The smallest absolute Gasteiger partial charge is 0.0708 e. The third-order valence-corrected chi connectivity index (χ3v) is 2.67. The molecular weight excluding hydrogens is 218 g/mol. The van der Waals surface area contributed by atoms with E-state index in [-0.39, 0.29) is 24.2 Å². The molecule has 3 rings (SSSR count). The molecule has 0 aliphatic rings. The van der Waals surface area contributed by atoms with Crippen molar-refractivity contribution in [1.29, 1.82) is 0 Å². The maximum atomic E-state index is 8.24. The molecule has 3 aromatic rings. The van der Waals surface area contributed by atoms with Crippen molar-refractivity contribution in [1.82, 2.24) is 4.98 Å². The monoisotopic (exact) mass is 235 g/mol. The van der Waals surface area contributed by atoms with E-state index < -0.39 is 0 Å². The Morgan fingerprint density at radius 3 is 2.22 bits per heavy atom. The zero-order valence-corrected chi connectivity index (χ0v) is 9.64. The molecule has 0 aliphatic carbocycles. The zero-order valence-electron chi connectivity index (χ0n) is 13.6. The van der Waals surface area contributed by atoms with E-state index in [4.69, 9.17) is 5.48 Å². The van der Waals surface area contributed by atoms with Crippen LogP contribution in [0, 0.1) is 0 Å². The summed E-state index contributed by atoms with van der Waals surface area (Å²) >= 11 is 0. The van der Waals surface area contributed by atoms with Crippen LogP contribution in [0.1, 0.15) is 5.48 Å². The normalized spacial score (nSPS) is 13.3. The summed E-state index contributed by atoms with van der Waals surface area (Å²) in [5.41, 5.74) is 2.19. The fourth-order valence-corrected chi connectivity index (χ4v) is 1.84. The number of aromatic nitrogens is 1. The van der Waals surface area contributed by atoms with Gasteiger partial charge < -0.3 is 0 Å². The highest BCUT2D eigenvalue weighted by molar-refractivity contribution is 5.81. The first kappa shape index (κ1) is 7.12. The molecule has 1 heterocycles. The minimum Gasteiger partial charge on any atom is -0.256 e. The minimum absolute atomic E-state index is 0.0483. The molecule has 0 spiro atoms. The first-order chi connectivity index (χ1) is 10.6. The summed E-state index contributed by atoms with van der Waals surface area (Å²) in [5.74, 6) is 0. The molecule has 0 saturated heterocycles. The van der Waals surface area contributed by atoms with Crippen LogP contribution in [0.25, 0.3) is 22.4 Å². The highest BCUT2D eigenvalue weighted by Crippen LogP contribution is 2.30. The van der Waals surface area contributed by atoms with Crippen molar-refractivity contribution in [2.75, 3.05) is 0 Å². The van der Waals surface area contributed by atoms with Crippen LogP contribution < -0.4 is 0 Å². The van der Waals surface area contributed by atoms with Crippen LogP contribution in [-0.2, 0) is 0 Å². The molecule has 0 radical (unpaired) electrons. The second-order valence-corrected chi connectivity index (χ2v) is 3.83. The van der Waals surface area contributed by atoms with Gasteiger partial charge in [-0.1, -0.05) is 60.6 Å². The van der Waals surface area contributed by atoms with Crippen molar-refractivity contribution in [2.45, 2.75) is 0 Å². The minimum atomic E-state index is -0.245. The van der Waals surface area contributed by atoms with Gasteiger partial charge in [0.2, 0.25) is 0 Å². The molecule has 0 atom stereocenters. The fourth-order valence-electron chi connectivity index (χ4n) is 1.84. The Kier molecular flexibility index (Phi) is 1.92. The highest BCUT2D eigenvalue weighted by atomic mass is 14.7. The summed E-state index contributed by atoms with van der Waals surface area (Å²) in [6.07, 6.45) is 1.62. The molecule has 1 heteroatoms. The number of rotatable bonds is 2. The standard InChI is InChI=1S/C17H13N/c1-2-8-14(9-3-1)15-10-4-5-11-16(15)17-12-6-7-13-18-17/h1-13H/i4D,5D,10D,11D. The number of hydrogen-bond acceptors (Lipinski definition) is 1. The van der Waals surface area contributed by atoms with E-state index in [2.05, 4.69) is 4.98 Å². The Hall–Kier alpha value is -2.41. The van der Waals surface area contributed by atoms with Crippen molar-refractivity contribution in [3.05, 3.63) is 78.9 Å². The third-order valence-electron chi connectivity index (χ3n) is 2.67. The Bertz CT molecular complexity index is 747. The van der Waals surface area contributed by atoms with Gasteiger partial charge in [-0.15, -0.1) is 0 Å². The van der Waals surface area contributed by atoms with E-state index in [1.165, 1.54) is 0 Å². The van der Waals surface area contributed by atoms with Gasteiger partial charge in [0.15, 0.2) is 0 Å². The van der Waals surface area contributed by atoms with Crippen LogP contribution in [0.2, 0.25) is 0 Å². The van der Waals surface area contributed by atoms with E-state index in [1.807, 2.05) is 30.3 Å². The lowest BCUT2D eigenvalue weighted by atomic mass is 9.97. The molecule has 0 aliphatic heterocycles. The van der Waals surface area contributed by atoms with Crippen molar-refractivity contribution in [3.63, 3.8) is 0 Å². The lowest BCUT2D eigenvalue weighted by Crippen LogP contribution is -1.86. The molecule has 0 saturated carbocycles. The second kappa shape index (κ2) is 4.84. The molecule has 0 unspecified atom stereocenters. The average Bonchev–Trinajstić information content (AvgIpc) is 2.57. The summed E-state index contributed by atoms with van der Waals surface area (Å²) < 4.78 is 32.3.